The van der Waals surface area contributed by atoms with E-state index in [1.165, 1.54) is 6.07 Å². The lowest BCUT2D eigenvalue weighted by molar-refractivity contribution is 0.580. The smallest absolute Gasteiger partial charge is 0.241 e. The summed E-state index contributed by atoms with van der Waals surface area (Å²) in [7, 11) is -4.55. The van der Waals surface area contributed by atoms with E-state index in [1.54, 1.807) is 18.4 Å². The van der Waals surface area contributed by atoms with Crippen LogP contribution in [0, 0.1) is 18.8 Å². The maximum absolute atomic E-state index is 12.3. The zero-order valence-electron chi connectivity index (χ0n) is 12.2. The minimum absolute atomic E-state index is 0.145. The molecular formula is C14H20N2O3S2. The van der Waals surface area contributed by atoms with Gasteiger partial charge in [0.05, 0.1) is 11.4 Å². The third-order valence-electron chi connectivity index (χ3n) is 2.65. The average molecular weight is 328 g/mol. The molecule has 0 heterocycles. The van der Waals surface area contributed by atoms with Crippen molar-refractivity contribution in [3.8, 4) is 11.8 Å². The highest BCUT2D eigenvalue weighted by atomic mass is 32.2. The number of sulfonamides is 1. The van der Waals surface area contributed by atoms with Gasteiger partial charge in [0.15, 0.2) is 0 Å². The number of nitrogens with two attached hydrogens (primary N) is 1. The third-order valence-corrected chi connectivity index (χ3v) is 5.03. The SMILES string of the molecule is Cc1ccc(S(=O)(=O)NCCCS(C)=O)c(C#CCN)c1. The summed E-state index contributed by atoms with van der Waals surface area (Å²) in [6.07, 6.45) is 2.12. The summed E-state index contributed by atoms with van der Waals surface area (Å²) in [6.45, 7) is 2.29. The molecule has 1 unspecified atom stereocenters. The van der Waals surface area contributed by atoms with Crippen LogP contribution >= 0.6 is 0 Å². The molecule has 0 bridgehead atoms. The highest BCUT2D eigenvalue weighted by Crippen LogP contribution is 2.16. The summed E-state index contributed by atoms with van der Waals surface area (Å²) in [5, 5.41) is 0. The summed E-state index contributed by atoms with van der Waals surface area (Å²) in [5.74, 6) is 5.93. The number of rotatable bonds is 6. The van der Waals surface area contributed by atoms with Crippen LogP contribution in [0.15, 0.2) is 23.1 Å². The topological polar surface area (TPSA) is 89.3 Å². The molecule has 0 radical (unpaired) electrons. The highest BCUT2D eigenvalue weighted by molar-refractivity contribution is 7.89. The monoisotopic (exact) mass is 328 g/mol. The van der Waals surface area contributed by atoms with Gasteiger partial charge < -0.3 is 5.73 Å². The number of hydrogen-bond donors (Lipinski definition) is 2. The molecule has 1 rings (SSSR count). The van der Waals surface area contributed by atoms with E-state index < -0.39 is 20.8 Å². The Bertz CT molecular complexity index is 673. The van der Waals surface area contributed by atoms with Crippen LogP contribution < -0.4 is 10.5 Å². The van der Waals surface area contributed by atoms with Crippen LogP contribution in [0.5, 0.6) is 0 Å². The lowest BCUT2D eigenvalue weighted by Gasteiger charge is -2.09. The second-order valence-corrected chi connectivity index (χ2v) is 7.82. The summed E-state index contributed by atoms with van der Waals surface area (Å²) in [4.78, 5) is 0.145. The quantitative estimate of drug-likeness (QED) is 0.582. The van der Waals surface area contributed by atoms with Crippen LogP contribution in [0.25, 0.3) is 0 Å². The lowest BCUT2D eigenvalue weighted by Crippen LogP contribution is -2.26. The Morgan fingerprint density at radius 1 is 1.38 bits per heavy atom. The van der Waals surface area contributed by atoms with Gasteiger partial charge in [-0.3, -0.25) is 4.21 Å². The molecule has 21 heavy (non-hydrogen) atoms. The van der Waals surface area contributed by atoms with Gasteiger partial charge in [0.1, 0.15) is 0 Å². The normalized spacial score (nSPS) is 12.5. The van der Waals surface area contributed by atoms with E-state index >= 15 is 0 Å². The fraction of sp³-hybridized carbons (Fsp3) is 0.429. The lowest BCUT2D eigenvalue weighted by atomic mass is 10.1. The second kappa shape index (κ2) is 8.29. The molecule has 0 aliphatic heterocycles. The molecule has 5 nitrogen and oxygen atoms in total. The molecular weight excluding hydrogens is 308 g/mol. The average Bonchev–Trinajstić information content (AvgIpc) is 2.41. The number of aryl methyl sites for hydroxylation is 1. The predicted octanol–water partition coefficient (Wildman–Crippen LogP) is 0.352. The molecule has 1 aromatic rings. The fourth-order valence-electron chi connectivity index (χ4n) is 1.68. The van der Waals surface area contributed by atoms with Gasteiger partial charge in [-0.1, -0.05) is 17.9 Å². The Morgan fingerprint density at radius 3 is 2.71 bits per heavy atom. The molecule has 0 saturated carbocycles. The van der Waals surface area contributed by atoms with Crippen LogP contribution in [0.1, 0.15) is 17.5 Å². The van der Waals surface area contributed by atoms with Crippen molar-refractivity contribution in [3.05, 3.63) is 29.3 Å². The molecule has 0 aliphatic carbocycles. The molecule has 0 aliphatic rings. The minimum atomic E-state index is -3.63. The molecule has 1 atom stereocenters. The van der Waals surface area contributed by atoms with E-state index in [4.69, 9.17) is 5.73 Å². The molecule has 0 spiro atoms. The number of nitrogens with one attached hydrogen (secondary N) is 1. The molecule has 116 valence electrons. The molecule has 0 saturated heterocycles. The van der Waals surface area contributed by atoms with Gasteiger partial charge in [-0.25, -0.2) is 13.1 Å². The first-order valence-electron chi connectivity index (χ1n) is 6.46. The third kappa shape index (κ3) is 5.98. The molecule has 0 amide bonds. The van der Waals surface area contributed by atoms with Crippen LogP contribution in [0.4, 0.5) is 0 Å². The second-order valence-electron chi connectivity index (χ2n) is 4.53. The van der Waals surface area contributed by atoms with Crippen molar-refractivity contribution in [3.63, 3.8) is 0 Å². The Hall–Kier alpha value is -1.20. The van der Waals surface area contributed by atoms with Crippen LogP contribution in [0.2, 0.25) is 0 Å². The molecule has 1 aromatic carbocycles. The van der Waals surface area contributed by atoms with Crippen molar-refractivity contribution >= 4 is 20.8 Å². The largest absolute Gasteiger partial charge is 0.320 e. The van der Waals surface area contributed by atoms with Gasteiger partial charge in [-0.05, 0) is 31.0 Å². The molecule has 7 heteroatoms. The summed E-state index contributed by atoms with van der Waals surface area (Å²) in [6, 6.07) is 4.98. The van der Waals surface area contributed by atoms with Gasteiger partial charge in [-0.15, -0.1) is 0 Å². The maximum Gasteiger partial charge on any atom is 0.241 e. The number of benzene rings is 1. The van der Waals surface area contributed by atoms with Crippen molar-refractivity contribution in [2.45, 2.75) is 18.2 Å². The van der Waals surface area contributed by atoms with E-state index in [9.17, 15) is 12.6 Å². The molecule has 3 N–H and O–H groups in total. The minimum Gasteiger partial charge on any atom is -0.320 e. The van der Waals surface area contributed by atoms with Crippen molar-refractivity contribution < 1.29 is 12.6 Å². The predicted molar refractivity (Wildman–Crippen MR) is 85.9 cm³/mol. The van der Waals surface area contributed by atoms with Crippen LogP contribution in [-0.2, 0) is 20.8 Å². The summed E-state index contributed by atoms with van der Waals surface area (Å²) in [5.41, 5.74) is 6.70. The van der Waals surface area contributed by atoms with E-state index in [1.807, 2.05) is 6.92 Å². The zero-order valence-corrected chi connectivity index (χ0v) is 13.8. The Kier molecular flexibility index (Phi) is 7.05. The maximum atomic E-state index is 12.3. The van der Waals surface area contributed by atoms with Gasteiger partial charge in [-0.2, -0.15) is 0 Å². The van der Waals surface area contributed by atoms with Crippen molar-refractivity contribution in [2.75, 3.05) is 25.1 Å². The van der Waals surface area contributed by atoms with Crippen LogP contribution in [-0.4, -0.2) is 37.7 Å². The van der Waals surface area contributed by atoms with Crippen molar-refractivity contribution in [2.24, 2.45) is 5.73 Å². The van der Waals surface area contributed by atoms with Gasteiger partial charge >= 0.3 is 0 Å². The van der Waals surface area contributed by atoms with Crippen molar-refractivity contribution in [1.29, 1.82) is 0 Å². The first-order chi connectivity index (χ1) is 9.86. The van der Waals surface area contributed by atoms with Crippen LogP contribution in [0.3, 0.4) is 0 Å². The standard InChI is InChI=1S/C14H20N2O3S2/c1-12-6-7-14(13(11-12)5-3-8-15)21(18,19)16-9-4-10-20(2)17/h6-7,11,16H,4,8-10,15H2,1-2H3. The summed E-state index contributed by atoms with van der Waals surface area (Å²) < 4.78 is 38.0. The number of hydrogen-bond acceptors (Lipinski definition) is 4. The Labute approximate surface area is 128 Å². The van der Waals surface area contributed by atoms with E-state index in [0.29, 0.717) is 17.7 Å². The molecule has 0 fully saturated rings. The van der Waals surface area contributed by atoms with Gasteiger partial charge in [0, 0.05) is 34.9 Å². The van der Waals surface area contributed by atoms with E-state index in [0.717, 1.165) is 5.56 Å². The first kappa shape index (κ1) is 17.9. The van der Waals surface area contributed by atoms with Crippen molar-refractivity contribution in [1.82, 2.24) is 4.72 Å². The first-order valence-corrected chi connectivity index (χ1v) is 9.67. The zero-order chi connectivity index (χ0) is 15.9. The summed E-state index contributed by atoms with van der Waals surface area (Å²) >= 11 is 0. The molecule has 0 aromatic heterocycles. The Morgan fingerprint density at radius 2 is 2.10 bits per heavy atom. The van der Waals surface area contributed by atoms with E-state index in [2.05, 4.69) is 16.6 Å². The fourth-order valence-corrected chi connectivity index (χ4v) is 3.45. The Balaban J connectivity index is 2.94. The highest BCUT2D eigenvalue weighted by Gasteiger charge is 2.17. The van der Waals surface area contributed by atoms with E-state index in [-0.39, 0.29) is 18.0 Å². The van der Waals surface area contributed by atoms with Gasteiger partial charge in [0.2, 0.25) is 10.0 Å². The van der Waals surface area contributed by atoms with Gasteiger partial charge in [0.25, 0.3) is 0 Å².